The van der Waals surface area contributed by atoms with Gasteiger partial charge in [-0.1, -0.05) is 60.7 Å². The van der Waals surface area contributed by atoms with E-state index in [-0.39, 0.29) is 49.4 Å². The van der Waals surface area contributed by atoms with Crippen LogP contribution in [0, 0.1) is 11.8 Å². The summed E-state index contributed by atoms with van der Waals surface area (Å²) in [5.41, 5.74) is 3.10. The Labute approximate surface area is 247 Å². The van der Waals surface area contributed by atoms with Crippen molar-refractivity contribution in [3.8, 4) is 0 Å². The summed E-state index contributed by atoms with van der Waals surface area (Å²) in [6, 6.07) is 17.3. The highest BCUT2D eigenvalue weighted by atomic mass is 16.5. The molecule has 3 aromatic rings. The van der Waals surface area contributed by atoms with E-state index in [9.17, 15) is 19.5 Å². The van der Waals surface area contributed by atoms with Gasteiger partial charge in [0.2, 0.25) is 11.8 Å². The second-order valence-electron chi connectivity index (χ2n) is 11.5. The van der Waals surface area contributed by atoms with Crippen molar-refractivity contribution < 1.29 is 24.2 Å². The molecule has 2 amide bonds. The molecule has 222 valence electrons. The summed E-state index contributed by atoms with van der Waals surface area (Å²) in [6.07, 6.45) is 10.4. The molecule has 0 radical (unpaired) electrons. The number of hydrogen-bond acceptors (Lipinski definition) is 5. The van der Waals surface area contributed by atoms with Crippen LogP contribution in [-0.2, 0) is 32.0 Å². The van der Waals surface area contributed by atoms with E-state index in [1.807, 2.05) is 72.9 Å². The summed E-state index contributed by atoms with van der Waals surface area (Å²) in [5, 5.41) is 13.9. The van der Waals surface area contributed by atoms with E-state index >= 15 is 0 Å². The number of nitrogens with one attached hydrogen (secondary N) is 2. The van der Waals surface area contributed by atoms with Crippen LogP contribution in [0.4, 0.5) is 0 Å². The lowest BCUT2D eigenvalue weighted by Crippen LogP contribution is -2.45. The molecular formula is C34H41N3O5. The monoisotopic (exact) mass is 571 g/mol. The molecule has 4 unspecified atom stereocenters. The number of carbonyl (C=O) groups excluding carboxylic acids is 3. The fraction of sp³-hybridized carbons (Fsp3) is 0.441. The number of likely N-dealkylation sites (tertiary alicyclic amines) is 1. The zero-order valence-electron chi connectivity index (χ0n) is 24.0. The number of amides is 2. The number of H-pyrrole nitrogens is 1. The molecule has 3 N–H and O–H groups in total. The van der Waals surface area contributed by atoms with E-state index in [1.54, 1.807) is 4.90 Å². The normalized spacial score (nSPS) is 24.0. The summed E-state index contributed by atoms with van der Waals surface area (Å²) >= 11 is 0. The third kappa shape index (κ3) is 7.48. The molecule has 0 saturated carbocycles. The maximum Gasteiger partial charge on any atom is 0.309 e. The smallest absolute Gasteiger partial charge is 0.309 e. The Hall–Kier alpha value is -3.91. The SMILES string of the molecule is O=C1NC(Cc2c[nH]c3ccccc23)COC(=O)C(Cc2ccccc2)CCC=CCC1CC(=O)N1CCCC1CO. The van der Waals surface area contributed by atoms with Gasteiger partial charge in [0.05, 0.1) is 30.5 Å². The maximum absolute atomic E-state index is 13.7. The number of hydrogen-bond donors (Lipinski definition) is 3. The summed E-state index contributed by atoms with van der Waals surface area (Å²) in [5.74, 6) is -1.46. The van der Waals surface area contributed by atoms with Crippen molar-refractivity contribution in [2.75, 3.05) is 19.8 Å². The number of nitrogens with zero attached hydrogens (tertiary/aromatic N) is 1. The maximum atomic E-state index is 13.7. The summed E-state index contributed by atoms with van der Waals surface area (Å²) in [4.78, 5) is 45.3. The number of benzene rings is 2. The van der Waals surface area contributed by atoms with Crippen LogP contribution in [0.2, 0.25) is 0 Å². The van der Waals surface area contributed by atoms with Crippen LogP contribution in [0.1, 0.15) is 49.7 Å². The van der Waals surface area contributed by atoms with Crippen LogP contribution >= 0.6 is 0 Å². The number of esters is 1. The summed E-state index contributed by atoms with van der Waals surface area (Å²) in [7, 11) is 0. The standard InChI is InChI=1S/C34H41N3O5/c38-22-29-14-9-17-37(29)32(39)20-25-12-5-2-6-13-26(18-24-10-3-1-4-11-24)34(41)42-23-28(36-33(25)40)19-27-21-35-31-16-8-7-15-30(27)31/h1-5,7-8,10-11,15-16,21,25-26,28-29,35,38H,6,9,12-14,17-20,22-23H2,(H,36,40). The number of cyclic esters (lactones) is 1. The number of aromatic nitrogens is 1. The number of ether oxygens (including phenoxy) is 1. The highest BCUT2D eigenvalue weighted by molar-refractivity contribution is 5.87. The first-order valence-electron chi connectivity index (χ1n) is 15.1. The van der Waals surface area contributed by atoms with Crippen molar-refractivity contribution in [1.82, 2.24) is 15.2 Å². The van der Waals surface area contributed by atoms with Gasteiger partial charge in [0.1, 0.15) is 6.61 Å². The molecule has 3 heterocycles. The van der Waals surface area contributed by atoms with Gasteiger partial charge in [0.25, 0.3) is 0 Å². The van der Waals surface area contributed by atoms with Crippen LogP contribution in [0.25, 0.3) is 10.9 Å². The minimum Gasteiger partial charge on any atom is -0.463 e. The number of para-hydroxylation sites is 1. The Kier molecular flexibility index (Phi) is 10.1. The molecule has 2 aliphatic heterocycles. The average molecular weight is 572 g/mol. The van der Waals surface area contributed by atoms with E-state index in [0.29, 0.717) is 38.6 Å². The third-order valence-electron chi connectivity index (χ3n) is 8.54. The van der Waals surface area contributed by atoms with Gasteiger partial charge in [-0.15, -0.1) is 0 Å². The number of fused-ring (bicyclic) bond motifs is 1. The largest absolute Gasteiger partial charge is 0.463 e. The molecule has 0 aliphatic carbocycles. The van der Waals surface area contributed by atoms with Gasteiger partial charge in [-0.25, -0.2) is 0 Å². The second kappa shape index (κ2) is 14.3. The molecule has 8 heteroatoms. The number of carbonyl (C=O) groups is 3. The fourth-order valence-electron chi connectivity index (χ4n) is 6.18. The molecule has 1 saturated heterocycles. The first-order valence-corrected chi connectivity index (χ1v) is 15.1. The average Bonchev–Trinajstić information content (AvgIpc) is 3.66. The van der Waals surface area contributed by atoms with Crippen molar-refractivity contribution in [3.63, 3.8) is 0 Å². The molecule has 0 bridgehead atoms. The number of aromatic amines is 1. The first kappa shape index (κ1) is 29.6. The van der Waals surface area contributed by atoms with E-state index in [4.69, 9.17) is 4.74 Å². The van der Waals surface area contributed by atoms with Crippen molar-refractivity contribution in [2.45, 2.75) is 63.5 Å². The highest BCUT2D eigenvalue weighted by Gasteiger charge is 2.32. The Balaban J connectivity index is 1.36. The fourth-order valence-corrected chi connectivity index (χ4v) is 6.18. The molecule has 8 nitrogen and oxygen atoms in total. The van der Waals surface area contributed by atoms with Crippen LogP contribution in [0.15, 0.2) is 72.9 Å². The molecule has 4 atom stereocenters. The number of allylic oxidation sites excluding steroid dienone is 2. The van der Waals surface area contributed by atoms with E-state index in [0.717, 1.165) is 34.9 Å². The van der Waals surface area contributed by atoms with Gasteiger partial charge >= 0.3 is 5.97 Å². The van der Waals surface area contributed by atoms with Crippen LogP contribution < -0.4 is 5.32 Å². The second-order valence-corrected chi connectivity index (χ2v) is 11.5. The molecule has 42 heavy (non-hydrogen) atoms. The van der Waals surface area contributed by atoms with Crippen molar-refractivity contribution in [1.29, 1.82) is 0 Å². The predicted molar refractivity (Wildman–Crippen MR) is 161 cm³/mol. The zero-order chi connectivity index (χ0) is 29.3. The van der Waals surface area contributed by atoms with E-state index < -0.39 is 12.0 Å². The molecule has 1 fully saturated rings. The summed E-state index contributed by atoms with van der Waals surface area (Å²) < 4.78 is 5.90. The van der Waals surface area contributed by atoms with Gasteiger partial charge in [-0.3, -0.25) is 14.4 Å². The highest BCUT2D eigenvalue weighted by Crippen LogP contribution is 2.24. The zero-order valence-corrected chi connectivity index (χ0v) is 24.0. The van der Waals surface area contributed by atoms with Crippen LogP contribution in [-0.4, -0.2) is 64.6 Å². The Bertz CT molecular complexity index is 1380. The topological polar surface area (TPSA) is 112 Å². The van der Waals surface area contributed by atoms with Crippen LogP contribution in [0.5, 0.6) is 0 Å². The molecule has 2 aromatic carbocycles. The van der Waals surface area contributed by atoms with Gasteiger partial charge < -0.3 is 25.0 Å². The minimum atomic E-state index is -0.560. The van der Waals surface area contributed by atoms with Gasteiger partial charge in [0, 0.05) is 30.1 Å². The number of rotatable bonds is 7. The molecule has 0 spiro atoms. The number of aliphatic hydroxyl groups excluding tert-OH is 1. The van der Waals surface area contributed by atoms with Crippen LogP contribution in [0.3, 0.4) is 0 Å². The Morgan fingerprint density at radius 2 is 1.79 bits per heavy atom. The lowest BCUT2D eigenvalue weighted by atomic mass is 9.94. The minimum absolute atomic E-state index is 0.0438. The number of aliphatic hydroxyl groups is 1. The predicted octanol–water partition coefficient (Wildman–Crippen LogP) is 4.33. The molecule has 1 aromatic heterocycles. The lowest BCUT2D eigenvalue weighted by molar-refractivity contribution is -0.150. The Morgan fingerprint density at radius 1 is 0.976 bits per heavy atom. The van der Waals surface area contributed by atoms with Crippen molar-refractivity contribution in [3.05, 3.63) is 84.1 Å². The van der Waals surface area contributed by atoms with E-state index in [2.05, 4.69) is 10.3 Å². The van der Waals surface area contributed by atoms with Crippen molar-refractivity contribution in [2.24, 2.45) is 11.8 Å². The van der Waals surface area contributed by atoms with Gasteiger partial charge in [0.15, 0.2) is 0 Å². The molecular weight excluding hydrogens is 530 g/mol. The van der Waals surface area contributed by atoms with Crippen molar-refractivity contribution >= 4 is 28.7 Å². The van der Waals surface area contributed by atoms with Gasteiger partial charge in [-0.05, 0) is 62.1 Å². The van der Waals surface area contributed by atoms with E-state index in [1.165, 1.54) is 0 Å². The summed E-state index contributed by atoms with van der Waals surface area (Å²) in [6.45, 7) is 0.586. The molecule has 2 aliphatic rings. The molecule has 5 rings (SSSR count). The quantitative estimate of drug-likeness (QED) is 0.289. The Morgan fingerprint density at radius 3 is 2.62 bits per heavy atom. The lowest BCUT2D eigenvalue weighted by Gasteiger charge is -2.26. The first-order chi connectivity index (χ1) is 20.5. The third-order valence-corrected chi connectivity index (χ3v) is 8.54. The van der Waals surface area contributed by atoms with Gasteiger partial charge in [-0.2, -0.15) is 0 Å².